The molecule has 0 amide bonds. The molecule has 0 aliphatic carbocycles. The van der Waals surface area contributed by atoms with Gasteiger partial charge in [-0.1, -0.05) is 42.0 Å². The van der Waals surface area contributed by atoms with E-state index in [-0.39, 0.29) is 18.1 Å². The number of para-hydroxylation sites is 1. The minimum Gasteiger partial charge on any atom is -0.507 e. The summed E-state index contributed by atoms with van der Waals surface area (Å²) < 4.78 is 0. The third-order valence-electron chi connectivity index (χ3n) is 3.13. The molecule has 1 N–H and O–H groups in total. The van der Waals surface area contributed by atoms with Gasteiger partial charge in [-0.25, -0.2) is 0 Å². The number of aryl methyl sites for hydroxylation is 1. The Hall–Kier alpha value is -2.42. The molecule has 0 atom stereocenters. The molecular weight excluding hydrogens is 250 g/mol. The van der Waals surface area contributed by atoms with Crippen LogP contribution in [0.4, 0.5) is 0 Å². The summed E-state index contributed by atoms with van der Waals surface area (Å²) in [6.07, 6.45) is 0. The van der Waals surface area contributed by atoms with Crippen molar-refractivity contribution in [1.82, 2.24) is 0 Å². The van der Waals surface area contributed by atoms with Gasteiger partial charge >= 0.3 is 0 Å². The Balaban J connectivity index is 2.11. The van der Waals surface area contributed by atoms with Gasteiger partial charge in [0.15, 0.2) is 5.78 Å². The molecule has 0 bridgehead atoms. The zero-order valence-electron chi connectivity index (χ0n) is 11.6. The van der Waals surface area contributed by atoms with Crippen molar-refractivity contribution in [2.45, 2.75) is 13.8 Å². The number of ketones is 1. The van der Waals surface area contributed by atoms with Crippen molar-refractivity contribution in [1.29, 1.82) is 0 Å². The summed E-state index contributed by atoms with van der Waals surface area (Å²) >= 11 is 0. The number of hydrogen-bond donors (Lipinski definition) is 1. The van der Waals surface area contributed by atoms with Crippen LogP contribution in [0.5, 0.6) is 5.75 Å². The molecule has 102 valence electrons. The monoisotopic (exact) mass is 267 g/mol. The van der Waals surface area contributed by atoms with Crippen LogP contribution in [0.15, 0.2) is 53.5 Å². The summed E-state index contributed by atoms with van der Waals surface area (Å²) in [5.74, 6) is -0.185. The van der Waals surface area contributed by atoms with Gasteiger partial charge in [0.25, 0.3) is 0 Å². The van der Waals surface area contributed by atoms with E-state index in [0.717, 1.165) is 11.3 Å². The Morgan fingerprint density at radius 1 is 1.10 bits per heavy atom. The van der Waals surface area contributed by atoms with E-state index in [1.54, 1.807) is 18.2 Å². The second-order valence-electron chi connectivity index (χ2n) is 4.71. The molecule has 2 rings (SSSR count). The number of benzene rings is 2. The summed E-state index contributed by atoms with van der Waals surface area (Å²) in [7, 11) is 0. The summed E-state index contributed by atoms with van der Waals surface area (Å²) in [5.41, 5.74) is 3.31. The van der Waals surface area contributed by atoms with Crippen LogP contribution in [-0.2, 0) is 0 Å². The van der Waals surface area contributed by atoms with Crippen molar-refractivity contribution in [3.05, 3.63) is 65.2 Å². The molecule has 0 spiro atoms. The maximum atomic E-state index is 12.0. The van der Waals surface area contributed by atoms with E-state index in [2.05, 4.69) is 4.99 Å². The molecule has 0 aromatic heterocycles. The summed E-state index contributed by atoms with van der Waals surface area (Å²) in [6.45, 7) is 3.94. The standard InChI is InChI=1S/C17H17NO2/c1-12-7-9-14(10-8-12)13(2)18-11-17(20)15-5-3-4-6-16(15)19/h3-10,19H,11H2,1-2H3. The topological polar surface area (TPSA) is 49.7 Å². The van der Waals surface area contributed by atoms with Crippen molar-refractivity contribution in [3.63, 3.8) is 0 Å². The molecule has 0 radical (unpaired) electrons. The molecule has 2 aromatic carbocycles. The lowest BCUT2D eigenvalue weighted by Crippen LogP contribution is -2.06. The molecule has 3 heteroatoms. The first-order valence-corrected chi connectivity index (χ1v) is 6.47. The fraction of sp³-hybridized carbons (Fsp3) is 0.176. The van der Waals surface area contributed by atoms with Crippen LogP contribution >= 0.6 is 0 Å². The van der Waals surface area contributed by atoms with Crippen LogP contribution in [0.1, 0.15) is 28.4 Å². The lowest BCUT2D eigenvalue weighted by molar-refractivity contribution is 0.0999. The molecule has 0 aliphatic heterocycles. The molecule has 3 nitrogen and oxygen atoms in total. The lowest BCUT2D eigenvalue weighted by Gasteiger charge is -2.03. The third-order valence-corrected chi connectivity index (χ3v) is 3.13. The molecule has 2 aromatic rings. The Bertz CT molecular complexity index is 642. The molecule has 0 saturated carbocycles. The van der Waals surface area contributed by atoms with Crippen LogP contribution in [0.25, 0.3) is 0 Å². The van der Waals surface area contributed by atoms with Gasteiger partial charge in [0.2, 0.25) is 0 Å². The van der Waals surface area contributed by atoms with Gasteiger partial charge in [-0.2, -0.15) is 0 Å². The van der Waals surface area contributed by atoms with Crippen LogP contribution in [0, 0.1) is 6.92 Å². The second kappa shape index (κ2) is 6.15. The predicted octanol–water partition coefficient (Wildman–Crippen LogP) is 3.39. The van der Waals surface area contributed by atoms with Gasteiger partial charge in [0, 0.05) is 5.71 Å². The molecule has 0 heterocycles. The number of carbonyl (C=O) groups excluding carboxylic acids is 1. The number of phenolic OH excluding ortho intramolecular Hbond substituents is 1. The zero-order chi connectivity index (χ0) is 14.5. The van der Waals surface area contributed by atoms with E-state index >= 15 is 0 Å². The maximum Gasteiger partial charge on any atom is 0.187 e. The van der Waals surface area contributed by atoms with Crippen molar-refractivity contribution in [2.75, 3.05) is 6.54 Å². The normalized spacial score (nSPS) is 11.4. The summed E-state index contributed by atoms with van der Waals surface area (Å²) in [6, 6.07) is 14.5. The first-order chi connectivity index (χ1) is 9.58. The number of aromatic hydroxyl groups is 1. The van der Waals surface area contributed by atoms with Gasteiger partial charge in [-0.3, -0.25) is 9.79 Å². The van der Waals surface area contributed by atoms with Crippen molar-refractivity contribution >= 4 is 11.5 Å². The third kappa shape index (κ3) is 3.32. The smallest absolute Gasteiger partial charge is 0.187 e. The van der Waals surface area contributed by atoms with Gasteiger partial charge in [0.05, 0.1) is 5.56 Å². The van der Waals surface area contributed by atoms with Crippen LogP contribution < -0.4 is 0 Å². The van der Waals surface area contributed by atoms with Crippen molar-refractivity contribution < 1.29 is 9.90 Å². The fourth-order valence-electron chi connectivity index (χ4n) is 1.87. The van der Waals surface area contributed by atoms with E-state index in [4.69, 9.17) is 0 Å². The van der Waals surface area contributed by atoms with E-state index in [9.17, 15) is 9.90 Å². The largest absolute Gasteiger partial charge is 0.507 e. The average molecular weight is 267 g/mol. The Kier molecular flexibility index (Phi) is 4.31. The number of rotatable bonds is 4. The van der Waals surface area contributed by atoms with Crippen LogP contribution in [0.3, 0.4) is 0 Å². The number of hydrogen-bond acceptors (Lipinski definition) is 3. The van der Waals surface area contributed by atoms with E-state index in [1.165, 1.54) is 11.6 Å². The number of aliphatic imine (C=N–C) groups is 1. The van der Waals surface area contributed by atoms with Gasteiger partial charge in [-0.05, 0) is 31.5 Å². The highest BCUT2D eigenvalue weighted by molar-refractivity contribution is 6.03. The lowest BCUT2D eigenvalue weighted by atomic mass is 10.1. The second-order valence-corrected chi connectivity index (χ2v) is 4.71. The van der Waals surface area contributed by atoms with Gasteiger partial charge < -0.3 is 5.11 Å². The molecule has 0 fully saturated rings. The Morgan fingerprint density at radius 3 is 2.40 bits per heavy atom. The minimum absolute atomic E-state index is 0.000638. The van der Waals surface area contributed by atoms with Crippen LogP contribution in [-0.4, -0.2) is 23.1 Å². The highest BCUT2D eigenvalue weighted by atomic mass is 16.3. The first kappa shape index (κ1) is 14.0. The van der Waals surface area contributed by atoms with E-state index in [0.29, 0.717) is 5.56 Å². The SMILES string of the molecule is CC(=NCC(=O)c1ccccc1O)c1ccc(C)cc1. The minimum atomic E-state index is -0.186. The zero-order valence-corrected chi connectivity index (χ0v) is 11.6. The highest BCUT2D eigenvalue weighted by Gasteiger charge is 2.09. The van der Waals surface area contributed by atoms with E-state index in [1.807, 2.05) is 38.1 Å². The van der Waals surface area contributed by atoms with Crippen molar-refractivity contribution in [3.8, 4) is 5.75 Å². The molecule has 0 unspecified atom stereocenters. The van der Waals surface area contributed by atoms with Crippen LogP contribution in [0.2, 0.25) is 0 Å². The average Bonchev–Trinajstić information content (AvgIpc) is 2.45. The number of carbonyl (C=O) groups is 1. The van der Waals surface area contributed by atoms with Crippen molar-refractivity contribution in [2.24, 2.45) is 4.99 Å². The Morgan fingerprint density at radius 2 is 1.75 bits per heavy atom. The van der Waals surface area contributed by atoms with Gasteiger partial charge in [-0.15, -0.1) is 0 Å². The predicted molar refractivity (Wildman–Crippen MR) is 80.7 cm³/mol. The number of phenols is 1. The number of Topliss-reactive ketones (excluding diaryl/α,β-unsaturated/α-hetero) is 1. The Labute approximate surface area is 118 Å². The molecular formula is C17H17NO2. The first-order valence-electron chi connectivity index (χ1n) is 6.47. The summed E-state index contributed by atoms with van der Waals surface area (Å²) in [5, 5.41) is 9.62. The molecule has 20 heavy (non-hydrogen) atoms. The molecule has 0 saturated heterocycles. The van der Waals surface area contributed by atoms with E-state index < -0.39 is 0 Å². The summed E-state index contributed by atoms with van der Waals surface area (Å²) in [4.78, 5) is 16.3. The highest BCUT2D eigenvalue weighted by Crippen LogP contribution is 2.16. The quantitative estimate of drug-likeness (QED) is 0.682. The maximum absolute atomic E-state index is 12.0. The molecule has 0 aliphatic rings. The number of nitrogens with zero attached hydrogens (tertiary/aromatic N) is 1. The fourth-order valence-corrected chi connectivity index (χ4v) is 1.87. The van der Waals surface area contributed by atoms with Gasteiger partial charge in [0.1, 0.15) is 12.3 Å².